The Morgan fingerprint density at radius 2 is 1.97 bits per heavy atom. The summed E-state index contributed by atoms with van der Waals surface area (Å²) in [5, 5.41) is 6.79. The number of hydrogen-bond donors (Lipinski definition) is 2. The molecule has 1 atom stereocenters. The minimum Gasteiger partial charge on any atom is -0.474 e. The Labute approximate surface area is 206 Å². The van der Waals surface area contributed by atoms with Gasteiger partial charge in [-0.2, -0.15) is 0 Å². The molecule has 2 aliphatic rings. The van der Waals surface area contributed by atoms with E-state index in [0.717, 1.165) is 43.9 Å². The zero-order valence-electron chi connectivity index (χ0n) is 18.5. The van der Waals surface area contributed by atoms with Crippen LogP contribution in [-0.4, -0.2) is 47.7 Å². The van der Waals surface area contributed by atoms with Crippen molar-refractivity contribution in [3.63, 3.8) is 0 Å². The normalized spacial score (nSPS) is 19.0. The molecule has 2 aromatic rings. The highest BCUT2D eigenvalue weighted by atomic mass is 127. The van der Waals surface area contributed by atoms with E-state index < -0.39 is 0 Å². The van der Waals surface area contributed by atoms with Crippen molar-refractivity contribution in [2.24, 2.45) is 4.99 Å². The predicted molar refractivity (Wildman–Crippen MR) is 135 cm³/mol. The number of ether oxygens (including phenoxy) is 1. The first-order chi connectivity index (χ1) is 15.2. The smallest absolute Gasteiger partial charge is 0.218 e. The van der Waals surface area contributed by atoms with E-state index in [1.165, 1.54) is 18.9 Å². The largest absolute Gasteiger partial charge is 0.474 e. The standard InChI is InChI=1S/C23H31FN6O.HI/c1-2-25-23(29-18-11-14-30(16-18)21-20(24)10-6-12-26-21)28-15-17-7-5-13-27-22(17)31-19-8-3-4-9-19;/h5-7,10,12-13,18-19H,2-4,8-9,11,14-16H2,1H3,(H2,25,28,29);1H. The maximum absolute atomic E-state index is 14.1. The van der Waals surface area contributed by atoms with Crippen molar-refractivity contribution in [3.8, 4) is 5.88 Å². The third-order valence-corrected chi connectivity index (χ3v) is 5.75. The van der Waals surface area contributed by atoms with Crippen LogP contribution in [0.4, 0.5) is 10.2 Å². The summed E-state index contributed by atoms with van der Waals surface area (Å²) in [6.45, 7) is 4.72. The molecule has 0 spiro atoms. The molecule has 2 N–H and O–H groups in total. The Morgan fingerprint density at radius 1 is 1.19 bits per heavy atom. The molecular weight excluding hydrogens is 522 g/mol. The Hall–Kier alpha value is -2.17. The van der Waals surface area contributed by atoms with E-state index >= 15 is 0 Å². The van der Waals surface area contributed by atoms with Crippen LogP contribution in [0.25, 0.3) is 0 Å². The van der Waals surface area contributed by atoms with Gasteiger partial charge >= 0.3 is 0 Å². The Bertz CT molecular complexity index is 892. The fourth-order valence-corrected chi connectivity index (χ4v) is 4.17. The van der Waals surface area contributed by atoms with Gasteiger partial charge in [-0.3, -0.25) is 0 Å². The first kappa shape index (κ1) is 24.5. The van der Waals surface area contributed by atoms with E-state index in [0.29, 0.717) is 24.8 Å². The lowest BCUT2D eigenvalue weighted by atomic mass is 10.2. The number of halogens is 2. The third kappa shape index (κ3) is 6.43. The molecule has 7 nitrogen and oxygen atoms in total. The fourth-order valence-electron chi connectivity index (χ4n) is 4.17. The molecule has 1 saturated heterocycles. The monoisotopic (exact) mass is 554 g/mol. The Morgan fingerprint density at radius 3 is 2.75 bits per heavy atom. The number of rotatable bonds is 7. The van der Waals surface area contributed by atoms with Gasteiger partial charge in [0.25, 0.3) is 0 Å². The number of pyridine rings is 2. The lowest BCUT2D eigenvalue weighted by Crippen LogP contribution is -2.44. The summed E-state index contributed by atoms with van der Waals surface area (Å²) >= 11 is 0. The highest BCUT2D eigenvalue weighted by Gasteiger charge is 2.26. The van der Waals surface area contributed by atoms with Crippen LogP contribution in [0.1, 0.15) is 44.6 Å². The van der Waals surface area contributed by atoms with Gasteiger partial charge in [0, 0.05) is 43.6 Å². The average Bonchev–Trinajstić information content (AvgIpc) is 3.46. The van der Waals surface area contributed by atoms with Crippen LogP contribution < -0.4 is 20.3 Å². The first-order valence-electron chi connectivity index (χ1n) is 11.2. The second kappa shape index (κ2) is 12.2. The second-order valence-corrected chi connectivity index (χ2v) is 8.07. The molecule has 4 rings (SSSR count). The Kier molecular flexibility index (Phi) is 9.31. The van der Waals surface area contributed by atoms with E-state index in [1.54, 1.807) is 18.5 Å². The summed E-state index contributed by atoms with van der Waals surface area (Å²) in [7, 11) is 0. The predicted octanol–water partition coefficient (Wildman–Crippen LogP) is 3.89. The molecule has 1 aliphatic carbocycles. The molecular formula is C23H32FIN6O. The van der Waals surface area contributed by atoms with E-state index in [4.69, 9.17) is 9.73 Å². The maximum Gasteiger partial charge on any atom is 0.218 e. The Balaban J connectivity index is 0.00000289. The van der Waals surface area contributed by atoms with Gasteiger partial charge < -0.3 is 20.3 Å². The lowest BCUT2D eigenvalue weighted by Gasteiger charge is -2.20. The topological polar surface area (TPSA) is 74.7 Å². The van der Waals surface area contributed by atoms with Gasteiger partial charge in [0.1, 0.15) is 6.10 Å². The highest BCUT2D eigenvalue weighted by molar-refractivity contribution is 14.0. The molecule has 0 aromatic carbocycles. The summed E-state index contributed by atoms with van der Waals surface area (Å²) in [4.78, 5) is 15.4. The molecule has 0 bridgehead atoms. The van der Waals surface area contributed by atoms with Gasteiger partial charge in [0.2, 0.25) is 5.88 Å². The molecule has 32 heavy (non-hydrogen) atoms. The van der Waals surface area contributed by atoms with Crippen molar-refractivity contribution >= 4 is 35.8 Å². The van der Waals surface area contributed by atoms with Crippen molar-refractivity contribution in [1.29, 1.82) is 0 Å². The summed E-state index contributed by atoms with van der Waals surface area (Å²) < 4.78 is 20.2. The average molecular weight is 554 g/mol. The van der Waals surface area contributed by atoms with Crippen LogP contribution in [0, 0.1) is 5.82 Å². The van der Waals surface area contributed by atoms with E-state index in [1.807, 2.05) is 24.0 Å². The number of aliphatic imine (C=N–C) groups is 1. The van der Waals surface area contributed by atoms with Crippen molar-refractivity contribution < 1.29 is 9.13 Å². The third-order valence-electron chi connectivity index (χ3n) is 5.75. The molecule has 0 radical (unpaired) electrons. The molecule has 1 unspecified atom stereocenters. The number of nitrogens with zero attached hydrogens (tertiary/aromatic N) is 4. The van der Waals surface area contributed by atoms with Gasteiger partial charge in [-0.05, 0) is 57.2 Å². The van der Waals surface area contributed by atoms with Gasteiger partial charge in [-0.15, -0.1) is 24.0 Å². The zero-order chi connectivity index (χ0) is 21.5. The number of hydrogen-bond acceptors (Lipinski definition) is 5. The molecule has 1 aliphatic heterocycles. The van der Waals surface area contributed by atoms with Gasteiger partial charge in [0.05, 0.1) is 6.54 Å². The van der Waals surface area contributed by atoms with Gasteiger partial charge in [-0.1, -0.05) is 6.07 Å². The minimum absolute atomic E-state index is 0. The van der Waals surface area contributed by atoms with Crippen molar-refractivity contribution in [1.82, 2.24) is 20.6 Å². The van der Waals surface area contributed by atoms with Crippen LogP contribution >= 0.6 is 24.0 Å². The number of nitrogens with one attached hydrogen (secondary N) is 2. The molecule has 2 fully saturated rings. The number of aromatic nitrogens is 2. The van der Waals surface area contributed by atoms with Crippen molar-refractivity contribution in [2.45, 2.75) is 57.7 Å². The van der Waals surface area contributed by atoms with Gasteiger partial charge in [-0.25, -0.2) is 19.4 Å². The summed E-state index contributed by atoms with van der Waals surface area (Å²) in [5.74, 6) is 1.56. The van der Waals surface area contributed by atoms with Crippen molar-refractivity contribution in [2.75, 3.05) is 24.5 Å². The number of anilines is 1. The maximum atomic E-state index is 14.1. The van der Waals surface area contributed by atoms with E-state index in [2.05, 4.69) is 20.6 Å². The van der Waals surface area contributed by atoms with Crippen LogP contribution in [0.5, 0.6) is 5.88 Å². The molecule has 174 valence electrons. The molecule has 9 heteroatoms. The molecule has 0 amide bonds. The SMILES string of the molecule is CCNC(=NCc1cccnc1OC1CCCC1)NC1CCN(c2ncccc2F)C1.I. The quantitative estimate of drug-likeness (QED) is 0.308. The van der Waals surface area contributed by atoms with Crippen LogP contribution in [0.15, 0.2) is 41.7 Å². The van der Waals surface area contributed by atoms with Crippen molar-refractivity contribution in [3.05, 3.63) is 48.0 Å². The highest BCUT2D eigenvalue weighted by Crippen LogP contribution is 2.25. The van der Waals surface area contributed by atoms with Gasteiger partial charge in [0.15, 0.2) is 17.6 Å². The summed E-state index contributed by atoms with van der Waals surface area (Å²) in [6.07, 6.45) is 9.19. The summed E-state index contributed by atoms with van der Waals surface area (Å²) in [5.41, 5.74) is 0.982. The minimum atomic E-state index is -0.282. The number of guanidine groups is 1. The molecule has 3 heterocycles. The second-order valence-electron chi connectivity index (χ2n) is 8.07. The fraction of sp³-hybridized carbons (Fsp3) is 0.522. The van der Waals surface area contributed by atoms with E-state index in [9.17, 15) is 4.39 Å². The van der Waals surface area contributed by atoms with Crippen LogP contribution in [0.3, 0.4) is 0 Å². The van der Waals surface area contributed by atoms with Crippen LogP contribution in [-0.2, 0) is 6.54 Å². The molecule has 2 aromatic heterocycles. The van der Waals surface area contributed by atoms with E-state index in [-0.39, 0.29) is 41.9 Å². The lowest BCUT2D eigenvalue weighted by molar-refractivity contribution is 0.199. The first-order valence-corrected chi connectivity index (χ1v) is 11.2. The van der Waals surface area contributed by atoms with Crippen LogP contribution in [0.2, 0.25) is 0 Å². The summed E-state index contributed by atoms with van der Waals surface area (Å²) in [6, 6.07) is 7.17. The zero-order valence-corrected chi connectivity index (χ0v) is 20.8. The molecule has 1 saturated carbocycles.